The van der Waals surface area contributed by atoms with Gasteiger partial charge in [-0.05, 0) is 12.8 Å². The van der Waals surface area contributed by atoms with Crippen LogP contribution in [0.25, 0.3) is 0 Å². The maximum absolute atomic E-state index is 12.0. The number of rotatable bonds is 4. The number of hydrogen-bond acceptors (Lipinski definition) is 6. The molecule has 2 rings (SSSR count). The van der Waals surface area contributed by atoms with E-state index in [-0.39, 0.29) is 11.9 Å². The summed E-state index contributed by atoms with van der Waals surface area (Å²) in [5, 5.41) is 14.4. The van der Waals surface area contributed by atoms with Crippen LogP contribution < -0.4 is 15.5 Å². The van der Waals surface area contributed by atoms with Crippen LogP contribution >= 0.6 is 0 Å². The first kappa shape index (κ1) is 14.6. The molecule has 0 aromatic carbocycles. The van der Waals surface area contributed by atoms with E-state index in [9.17, 15) is 4.79 Å². The normalized spacial score (nSPS) is 18.9. The standard InChI is InChI=1S/C13H22N6O/c1-4-9-10(5-2)17-18-13(16-9)19-7-6-15-8-11(19)12(20)14-3/h11,15H,4-8H2,1-3H3,(H,14,20). The predicted molar refractivity (Wildman–Crippen MR) is 76.7 cm³/mol. The van der Waals surface area contributed by atoms with E-state index in [2.05, 4.69) is 32.7 Å². The van der Waals surface area contributed by atoms with E-state index in [1.165, 1.54) is 0 Å². The van der Waals surface area contributed by atoms with Crippen molar-refractivity contribution in [2.75, 3.05) is 31.6 Å². The lowest BCUT2D eigenvalue weighted by Gasteiger charge is -2.34. The molecule has 7 heteroatoms. The maximum Gasteiger partial charge on any atom is 0.246 e. The molecule has 7 nitrogen and oxygen atoms in total. The molecule has 2 heterocycles. The molecule has 20 heavy (non-hydrogen) atoms. The van der Waals surface area contributed by atoms with Gasteiger partial charge < -0.3 is 15.5 Å². The third-order valence-electron chi connectivity index (χ3n) is 3.55. The number of nitrogens with one attached hydrogen (secondary N) is 2. The molecular weight excluding hydrogens is 256 g/mol. The summed E-state index contributed by atoms with van der Waals surface area (Å²) in [5.41, 5.74) is 1.90. The summed E-state index contributed by atoms with van der Waals surface area (Å²) in [5.74, 6) is 0.521. The van der Waals surface area contributed by atoms with Crippen molar-refractivity contribution >= 4 is 11.9 Å². The lowest BCUT2D eigenvalue weighted by Crippen LogP contribution is -2.58. The van der Waals surface area contributed by atoms with Crippen LogP contribution in [0.5, 0.6) is 0 Å². The maximum atomic E-state index is 12.0. The van der Waals surface area contributed by atoms with Gasteiger partial charge in [-0.2, -0.15) is 5.10 Å². The Hall–Kier alpha value is -1.76. The van der Waals surface area contributed by atoms with E-state index in [0.29, 0.717) is 19.0 Å². The Kier molecular flexibility index (Phi) is 4.84. The molecule has 1 aliphatic heterocycles. The van der Waals surface area contributed by atoms with Crippen molar-refractivity contribution < 1.29 is 4.79 Å². The number of carbonyl (C=O) groups is 1. The van der Waals surface area contributed by atoms with Gasteiger partial charge in [-0.1, -0.05) is 13.8 Å². The Morgan fingerprint density at radius 1 is 1.35 bits per heavy atom. The van der Waals surface area contributed by atoms with Crippen LogP contribution in [0.15, 0.2) is 0 Å². The highest BCUT2D eigenvalue weighted by Gasteiger charge is 2.30. The average Bonchev–Trinajstić information content (AvgIpc) is 2.53. The third-order valence-corrected chi connectivity index (χ3v) is 3.55. The van der Waals surface area contributed by atoms with Crippen molar-refractivity contribution in [1.82, 2.24) is 25.8 Å². The van der Waals surface area contributed by atoms with Gasteiger partial charge in [-0.3, -0.25) is 4.79 Å². The quantitative estimate of drug-likeness (QED) is 0.774. The molecule has 0 radical (unpaired) electrons. The molecule has 0 aliphatic carbocycles. The average molecular weight is 278 g/mol. The van der Waals surface area contributed by atoms with Crippen LogP contribution in [0.2, 0.25) is 0 Å². The molecule has 1 aromatic heterocycles. The van der Waals surface area contributed by atoms with Crippen molar-refractivity contribution in [1.29, 1.82) is 0 Å². The van der Waals surface area contributed by atoms with E-state index in [1.807, 2.05) is 11.8 Å². The van der Waals surface area contributed by atoms with E-state index in [0.717, 1.165) is 30.8 Å². The monoisotopic (exact) mass is 278 g/mol. The predicted octanol–water partition coefficient (Wildman–Crippen LogP) is -0.479. The number of piperazine rings is 1. The number of aromatic nitrogens is 3. The van der Waals surface area contributed by atoms with Crippen LogP contribution in [0.4, 0.5) is 5.95 Å². The number of anilines is 1. The second kappa shape index (κ2) is 6.60. The first-order valence-corrected chi connectivity index (χ1v) is 7.12. The molecule has 1 aromatic rings. The van der Waals surface area contributed by atoms with Crippen molar-refractivity contribution in [3.05, 3.63) is 11.4 Å². The third kappa shape index (κ3) is 2.87. The first-order valence-electron chi connectivity index (χ1n) is 7.12. The van der Waals surface area contributed by atoms with Crippen molar-refractivity contribution in [3.8, 4) is 0 Å². The summed E-state index contributed by atoms with van der Waals surface area (Å²) in [6.45, 7) is 6.21. The SMILES string of the molecule is CCc1nnc(N2CCNCC2C(=O)NC)nc1CC. The van der Waals surface area contributed by atoms with Gasteiger partial charge in [0.15, 0.2) is 0 Å². The summed E-state index contributed by atoms with van der Waals surface area (Å²) < 4.78 is 0. The van der Waals surface area contributed by atoms with E-state index >= 15 is 0 Å². The smallest absolute Gasteiger partial charge is 0.246 e. The van der Waals surface area contributed by atoms with E-state index in [1.54, 1.807) is 7.05 Å². The van der Waals surface area contributed by atoms with Gasteiger partial charge in [0.05, 0.1) is 11.4 Å². The minimum absolute atomic E-state index is 0.0292. The number of carbonyl (C=O) groups excluding carboxylic acids is 1. The molecule has 0 saturated carbocycles. The second-order valence-corrected chi connectivity index (χ2v) is 4.74. The summed E-state index contributed by atoms with van der Waals surface area (Å²) in [6.07, 6.45) is 1.65. The Morgan fingerprint density at radius 3 is 2.75 bits per heavy atom. The van der Waals surface area contributed by atoms with Gasteiger partial charge in [0, 0.05) is 26.7 Å². The molecule has 1 amide bonds. The minimum atomic E-state index is -0.285. The van der Waals surface area contributed by atoms with Crippen LogP contribution in [-0.4, -0.2) is 53.8 Å². The van der Waals surface area contributed by atoms with Crippen molar-refractivity contribution in [2.45, 2.75) is 32.7 Å². The first-order chi connectivity index (χ1) is 9.71. The summed E-state index contributed by atoms with van der Waals surface area (Å²) >= 11 is 0. The number of amides is 1. The number of aryl methyl sites for hydroxylation is 2. The van der Waals surface area contributed by atoms with Crippen molar-refractivity contribution in [3.63, 3.8) is 0 Å². The topological polar surface area (TPSA) is 83.0 Å². The fourth-order valence-corrected chi connectivity index (χ4v) is 2.39. The molecule has 110 valence electrons. The highest BCUT2D eigenvalue weighted by Crippen LogP contribution is 2.15. The Labute approximate surface area is 119 Å². The Balaban J connectivity index is 2.30. The molecule has 0 spiro atoms. The summed E-state index contributed by atoms with van der Waals surface area (Å²) in [6, 6.07) is -0.285. The summed E-state index contributed by atoms with van der Waals surface area (Å²) in [7, 11) is 1.64. The molecule has 1 aliphatic rings. The highest BCUT2D eigenvalue weighted by molar-refractivity contribution is 5.85. The molecule has 1 saturated heterocycles. The molecule has 2 N–H and O–H groups in total. The zero-order valence-corrected chi connectivity index (χ0v) is 12.3. The minimum Gasteiger partial charge on any atom is -0.357 e. The van der Waals surface area contributed by atoms with Gasteiger partial charge in [0.25, 0.3) is 0 Å². The largest absolute Gasteiger partial charge is 0.357 e. The van der Waals surface area contributed by atoms with Crippen LogP contribution in [0, 0.1) is 0 Å². The fraction of sp³-hybridized carbons (Fsp3) is 0.692. The van der Waals surface area contributed by atoms with Crippen LogP contribution in [0.1, 0.15) is 25.2 Å². The Bertz CT molecular complexity index is 478. The van der Waals surface area contributed by atoms with Crippen molar-refractivity contribution in [2.24, 2.45) is 0 Å². The second-order valence-electron chi connectivity index (χ2n) is 4.74. The van der Waals surface area contributed by atoms with Gasteiger partial charge in [-0.15, -0.1) is 5.10 Å². The molecule has 1 unspecified atom stereocenters. The number of nitrogens with zero attached hydrogens (tertiary/aromatic N) is 4. The highest BCUT2D eigenvalue weighted by atomic mass is 16.2. The van der Waals surface area contributed by atoms with Crippen LogP contribution in [-0.2, 0) is 17.6 Å². The molecule has 0 bridgehead atoms. The Morgan fingerprint density at radius 2 is 2.10 bits per heavy atom. The van der Waals surface area contributed by atoms with Gasteiger partial charge in [-0.25, -0.2) is 4.98 Å². The van der Waals surface area contributed by atoms with Gasteiger partial charge in [0.1, 0.15) is 6.04 Å². The summed E-state index contributed by atoms with van der Waals surface area (Å²) in [4.78, 5) is 18.5. The zero-order chi connectivity index (χ0) is 14.5. The molecule has 1 fully saturated rings. The lowest BCUT2D eigenvalue weighted by atomic mass is 10.2. The number of hydrogen-bond donors (Lipinski definition) is 2. The fourth-order valence-electron chi connectivity index (χ4n) is 2.39. The van der Waals surface area contributed by atoms with Gasteiger partial charge in [0.2, 0.25) is 11.9 Å². The zero-order valence-electron chi connectivity index (χ0n) is 12.3. The molecular formula is C13H22N6O. The van der Waals surface area contributed by atoms with E-state index < -0.39 is 0 Å². The van der Waals surface area contributed by atoms with E-state index in [4.69, 9.17) is 0 Å². The van der Waals surface area contributed by atoms with Gasteiger partial charge >= 0.3 is 0 Å². The number of likely N-dealkylation sites (N-methyl/N-ethyl adjacent to an activating group) is 1. The van der Waals surface area contributed by atoms with Crippen LogP contribution in [0.3, 0.4) is 0 Å². The molecule has 1 atom stereocenters. The lowest BCUT2D eigenvalue weighted by molar-refractivity contribution is -0.122.